The Labute approximate surface area is 93.1 Å². The average molecular weight is 207 g/mol. The molecule has 0 bridgehead atoms. The lowest BCUT2D eigenvalue weighted by atomic mass is 10.2. The van der Waals surface area contributed by atoms with Gasteiger partial charge in [-0.05, 0) is 39.3 Å². The molecule has 0 aromatic heterocycles. The first-order valence-electron chi connectivity index (χ1n) is 5.17. The predicted octanol–water partition coefficient (Wildman–Crippen LogP) is 3.87. The number of ether oxygens (including phenoxy) is 1. The van der Waals surface area contributed by atoms with Crippen molar-refractivity contribution in [1.29, 1.82) is 0 Å². The summed E-state index contributed by atoms with van der Waals surface area (Å²) in [5.41, 5.74) is 1.84. The van der Waals surface area contributed by atoms with E-state index in [1.807, 2.05) is 52.8 Å². The zero-order chi connectivity index (χ0) is 11.8. The minimum absolute atomic E-state index is 0.155. The molecule has 0 rings (SSSR count). The third kappa shape index (κ3) is 7.74. The Balaban J connectivity index is 4.41. The second-order valence-electron chi connectivity index (χ2n) is 3.68. The van der Waals surface area contributed by atoms with Gasteiger partial charge in [0.05, 0.1) is 11.8 Å². The average Bonchev–Trinajstić information content (AvgIpc) is 2.00. The summed E-state index contributed by atoms with van der Waals surface area (Å²) < 4.78 is 5.40. The van der Waals surface area contributed by atoms with Gasteiger partial charge in [0.25, 0.3) is 0 Å². The van der Waals surface area contributed by atoms with Crippen LogP contribution < -0.4 is 0 Å². The molecule has 0 N–H and O–H groups in total. The van der Waals surface area contributed by atoms with Crippen LogP contribution in [-0.4, -0.2) is 12.0 Å². The molecule has 0 aliphatic carbocycles. The third-order valence-electron chi connectivity index (χ3n) is 1.53. The van der Waals surface area contributed by atoms with Crippen LogP contribution in [0.3, 0.4) is 0 Å². The minimum Gasteiger partial charge on any atom is -0.478 e. The Kier molecular flexibility index (Phi) is 6.43. The largest absolute Gasteiger partial charge is 0.478 e. The van der Waals surface area contributed by atoms with Crippen LogP contribution in [0.15, 0.2) is 41.1 Å². The smallest absolute Gasteiger partial charge is 0.185 e. The molecule has 0 aliphatic heterocycles. The molecule has 2 heteroatoms. The standard InChI is InChI=1S/C13H21NO/c1-7-8-11(4)9-12(5)14-13(6)15-10(2)3/h7-10H,5H2,1-4,6H3/b8-7?,11-9+,14-13?. The van der Waals surface area contributed by atoms with Crippen molar-refractivity contribution >= 4 is 5.90 Å². The summed E-state index contributed by atoms with van der Waals surface area (Å²) in [5, 5.41) is 0. The van der Waals surface area contributed by atoms with Gasteiger partial charge < -0.3 is 4.74 Å². The Bertz CT molecular complexity index is 296. The molecule has 84 valence electrons. The zero-order valence-electron chi connectivity index (χ0n) is 10.4. The Morgan fingerprint density at radius 3 is 2.40 bits per heavy atom. The van der Waals surface area contributed by atoms with Gasteiger partial charge in [0.1, 0.15) is 0 Å². The minimum atomic E-state index is 0.155. The second-order valence-corrected chi connectivity index (χ2v) is 3.68. The lowest BCUT2D eigenvalue weighted by Crippen LogP contribution is -2.07. The molecular formula is C13H21NO. The van der Waals surface area contributed by atoms with Gasteiger partial charge in [-0.3, -0.25) is 0 Å². The van der Waals surface area contributed by atoms with E-state index in [1.54, 1.807) is 0 Å². The van der Waals surface area contributed by atoms with E-state index < -0.39 is 0 Å². The highest BCUT2D eigenvalue weighted by Crippen LogP contribution is 2.04. The Hall–Kier alpha value is -1.31. The molecule has 0 radical (unpaired) electrons. The molecule has 15 heavy (non-hydrogen) atoms. The highest BCUT2D eigenvalue weighted by molar-refractivity contribution is 5.74. The van der Waals surface area contributed by atoms with E-state index in [4.69, 9.17) is 4.74 Å². The van der Waals surface area contributed by atoms with Crippen LogP contribution in [0.1, 0.15) is 34.6 Å². The molecule has 0 saturated heterocycles. The number of rotatable bonds is 4. The molecule has 0 aliphatic rings. The number of aliphatic imine (C=N–C) groups is 1. The fourth-order valence-electron chi connectivity index (χ4n) is 1.18. The van der Waals surface area contributed by atoms with Gasteiger partial charge in [-0.2, -0.15) is 0 Å². The lowest BCUT2D eigenvalue weighted by molar-refractivity contribution is 0.226. The normalized spacial score (nSPS) is 13.7. The van der Waals surface area contributed by atoms with Gasteiger partial charge in [-0.25, -0.2) is 4.99 Å². The Morgan fingerprint density at radius 2 is 1.93 bits per heavy atom. The molecule has 0 spiro atoms. The van der Waals surface area contributed by atoms with Crippen molar-refractivity contribution in [1.82, 2.24) is 0 Å². The maximum Gasteiger partial charge on any atom is 0.185 e. The highest BCUT2D eigenvalue weighted by Gasteiger charge is 1.96. The first-order chi connectivity index (χ1) is 6.95. The maximum atomic E-state index is 5.40. The molecule has 0 amide bonds. The lowest BCUT2D eigenvalue weighted by Gasteiger charge is -2.08. The van der Waals surface area contributed by atoms with Crippen molar-refractivity contribution in [2.45, 2.75) is 40.7 Å². The summed E-state index contributed by atoms with van der Waals surface area (Å²) in [7, 11) is 0. The van der Waals surface area contributed by atoms with E-state index in [0.29, 0.717) is 11.6 Å². The first kappa shape index (κ1) is 13.7. The summed E-state index contributed by atoms with van der Waals surface area (Å²) >= 11 is 0. The maximum absolute atomic E-state index is 5.40. The highest BCUT2D eigenvalue weighted by atomic mass is 16.5. The van der Waals surface area contributed by atoms with E-state index in [0.717, 1.165) is 5.57 Å². The van der Waals surface area contributed by atoms with Crippen molar-refractivity contribution < 1.29 is 4.74 Å². The topological polar surface area (TPSA) is 21.6 Å². The van der Waals surface area contributed by atoms with Crippen molar-refractivity contribution in [3.63, 3.8) is 0 Å². The zero-order valence-corrected chi connectivity index (χ0v) is 10.4. The summed E-state index contributed by atoms with van der Waals surface area (Å²) in [6, 6.07) is 0. The van der Waals surface area contributed by atoms with E-state index in [9.17, 15) is 0 Å². The van der Waals surface area contributed by atoms with E-state index in [-0.39, 0.29) is 6.10 Å². The Morgan fingerprint density at radius 1 is 1.33 bits per heavy atom. The van der Waals surface area contributed by atoms with Crippen LogP contribution in [0.5, 0.6) is 0 Å². The number of allylic oxidation sites excluding steroid dienone is 4. The SMILES string of the molecule is C=C(/C=C(\C)C=CC)N=C(C)OC(C)C. The first-order valence-corrected chi connectivity index (χ1v) is 5.17. The van der Waals surface area contributed by atoms with Crippen molar-refractivity contribution in [2.75, 3.05) is 0 Å². The second kappa shape index (κ2) is 7.04. The van der Waals surface area contributed by atoms with Gasteiger partial charge >= 0.3 is 0 Å². The van der Waals surface area contributed by atoms with E-state index in [2.05, 4.69) is 11.6 Å². The van der Waals surface area contributed by atoms with Crippen LogP contribution in [0.4, 0.5) is 0 Å². The molecule has 0 aromatic carbocycles. The molecule has 0 heterocycles. The molecule has 0 unspecified atom stereocenters. The molecular weight excluding hydrogens is 186 g/mol. The van der Waals surface area contributed by atoms with Crippen LogP contribution in [0.2, 0.25) is 0 Å². The van der Waals surface area contributed by atoms with E-state index >= 15 is 0 Å². The molecule has 0 aromatic rings. The van der Waals surface area contributed by atoms with Gasteiger partial charge in [-0.1, -0.05) is 18.7 Å². The summed E-state index contributed by atoms with van der Waals surface area (Å²) in [6.07, 6.45) is 6.08. The number of nitrogens with zero attached hydrogens (tertiary/aromatic N) is 1. The number of hydrogen-bond acceptors (Lipinski definition) is 2. The fourth-order valence-corrected chi connectivity index (χ4v) is 1.18. The van der Waals surface area contributed by atoms with Gasteiger partial charge in [-0.15, -0.1) is 0 Å². The van der Waals surface area contributed by atoms with Crippen LogP contribution in [-0.2, 0) is 4.74 Å². The molecule has 0 saturated carbocycles. The summed E-state index contributed by atoms with van der Waals surface area (Å²) in [6.45, 7) is 13.6. The number of hydrogen-bond donors (Lipinski definition) is 0. The van der Waals surface area contributed by atoms with Crippen LogP contribution >= 0.6 is 0 Å². The van der Waals surface area contributed by atoms with Crippen molar-refractivity contribution in [2.24, 2.45) is 4.99 Å². The fraction of sp³-hybridized carbons (Fsp3) is 0.462. The van der Waals surface area contributed by atoms with Crippen LogP contribution in [0, 0.1) is 0 Å². The predicted molar refractivity (Wildman–Crippen MR) is 67.0 cm³/mol. The quantitative estimate of drug-likeness (QED) is 0.389. The summed E-state index contributed by atoms with van der Waals surface area (Å²) in [4.78, 5) is 4.23. The third-order valence-corrected chi connectivity index (χ3v) is 1.53. The van der Waals surface area contributed by atoms with Gasteiger partial charge in [0.15, 0.2) is 5.90 Å². The van der Waals surface area contributed by atoms with Crippen LogP contribution in [0.25, 0.3) is 0 Å². The molecule has 0 atom stereocenters. The van der Waals surface area contributed by atoms with Crippen molar-refractivity contribution in [3.05, 3.63) is 36.1 Å². The van der Waals surface area contributed by atoms with Crippen molar-refractivity contribution in [3.8, 4) is 0 Å². The molecule has 2 nitrogen and oxygen atoms in total. The van der Waals surface area contributed by atoms with Gasteiger partial charge in [0, 0.05) is 6.92 Å². The summed E-state index contributed by atoms with van der Waals surface area (Å²) in [5.74, 6) is 0.652. The monoisotopic (exact) mass is 207 g/mol. The van der Waals surface area contributed by atoms with E-state index in [1.165, 1.54) is 0 Å². The molecule has 0 fully saturated rings. The van der Waals surface area contributed by atoms with Gasteiger partial charge in [0.2, 0.25) is 0 Å².